The lowest BCUT2D eigenvalue weighted by Crippen LogP contribution is -2.15. The van der Waals surface area contributed by atoms with Crippen LogP contribution in [0.3, 0.4) is 0 Å². The van der Waals surface area contributed by atoms with Gasteiger partial charge in [0, 0.05) is 6.61 Å². The summed E-state index contributed by atoms with van der Waals surface area (Å²) in [6, 6.07) is 6.81. The third kappa shape index (κ3) is 6.42. The van der Waals surface area contributed by atoms with E-state index in [9.17, 15) is 5.11 Å². The predicted molar refractivity (Wildman–Crippen MR) is 106 cm³/mol. The van der Waals surface area contributed by atoms with Gasteiger partial charge in [-0.05, 0) is 73.5 Å². The zero-order chi connectivity index (χ0) is 18.1. The largest absolute Gasteiger partial charge is 0.396 e. The third-order valence-corrected chi connectivity index (χ3v) is 6.02. The molecule has 1 fully saturated rings. The zero-order valence-corrected chi connectivity index (χ0v) is 16.3. The number of hydrogen-bond acceptors (Lipinski definition) is 2. The van der Waals surface area contributed by atoms with Crippen molar-refractivity contribution in [3.05, 3.63) is 34.9 Å². The molecule has 2 rings (SSSR count). The number of aliphatic hydroxyl groups is 2. The number of rotatable bonds is 10. The van der Waals surface area contributed by atoms with E-state index in [2.05, 4.69) is 32.0 Å². The Balaban J connectivity index is 1.93. The van der Waals surface area contributed by atoms with Gasteiger partial charge in [-0.15, -0.1) is 0 Å². The standard InChI is InChI=1S/C23H38O2/c1-3-5-6-7-18-8-11-21(12-9-18)23-13-10-19(16-20(23)4-2)17-22(25)14-15-24/h10,13,16,18,21-22,24-25H,3-9,11-12,14-15,17H2,1-2H3. The molecule has 1 aromatic carbocycles. The van der Waals surface area contributed by atoms with Crippen LogP contribution in [-0.2, 0) is 12.8 Å². The zero-order valence-electron chi connectivity index (χ0n) is 16.3. The fraction of sp³-hybridized carbons (Fsp3) is 0.739. The molecule has 1 unspecified atom stereocenters. The van der Waals surface area contributed by atoms with Crippen molar-refractivity contribution in [2.24, 2.45) is 5.92 Å². The van der Waals surface area contributed by atoms with Gasteiger partial charge in [0.25, 0.3) is 0 Å². The van der Waals surface area contributed by atoms with Gasteiger partial charge in [0.05, 0.1) is 6.10 Å². The Morgan fingerprint density at radius 2 is 1.84 bits per heavy atom. The molecule has 0 bridgehead atoms. The van der Waals surface area contributed by atoms with E-state index in [0.717, 1.165) is 18.3 Å². The SMILES string of the molecule is CCCCCC1CCC(c2ccc(CC(O)CCO)cc2CC)CC1. The molecule has 0 aromatic heterocycles. The van der Waals surface area contributed by atoms with Crippen LogP contribution in [0.1, 0.15) is 94.2 Å². The van der Waals surface area contributed by atoms with Crippen molar-refractivity contribution < 1.29 is 10.2 Å². The molecule has 1 saturated carbocycles. The molecule has 0 aliphatic heterocycles. The highest BCUT2D eigenvalue weighted by molar-refractivity contribution is 5.35. The summed E-state index contributed by atoms with van der Waals surface area (Å²) in [6.45, 7) is 4.58. The molecular formula is C23H38O2. The number of unbranched alkanes of at least 4 members (excludes halogenated alkanes) is 2. The molecule has 0 spiro atoms. The summed E-state index contributed by atoms with van der Waals surface area (Å²) in [5.74, 6) is 1.69. The van der Waals surface area contributed by atoms with E-state index in [4.69, 9.17) is 5.11 Å². The number of benzene rings is 1. The molecule has 2 heteroatoms. The Kier molecular flexibility index (Phi) is 8.98. The summed E-state index contributed by atoms with van der Waals surface area (Å²) in [5.41, 5.74) is 4.22. The van der Waals surface area contributed by atoms with Gasteiger partial charge in [-0.3, -0.25) is 0 Å². The lowest BCUT2D eigenvalue weighted by atomic mass is 9.75. The van der Waals surface area contributed by atoms with E-state index in [1.165, 1.54) is 62.5 Å². The van der Waals surface area contributed by atoms with Gasteiger partial charge in [-0.2, -0.15) is 0 Å². The minimum Gasteiger partial charge on any atom is -0.396 e. The first-order chi connectivity index (χ1) is 12.2. The molecule has 1 aromatic rings. The maximum Gasteiger partial charge on any atom is 0.0602 e. The van der Waals surface area contributed by atoms with Gasteiger partial charge in [-0.25, -0.2) is 0 Å². The Hall–Kier alpha value is -0.860. The van der Waals surface area contributed by atoms with E-state index in [-0.39, 0.29) is 6.61 Å². The molecule has 1 atom stereocenters. The number of aryl methyl sites for hydroxylation is 1. The van der Waals surface area contributed by atoms with Crippen LogP contribution >= 0.6 is 0 Å². The average molecular weight is 347 g/mol. The molecule has 2 N–H and O–H groups in total. The van der Waals surface area contributed by atoms with Crippen molar-refractivity contribution in [2.45, 2.75) is 96.5 Å². The monoisotopic (exact) mass is 346 g/mol. The Bertz CT molecular complexity index is 489. The highest BCUT2D eigenvalue weighted by atomic mass is 16.3. The Labute approximate surface area is 154 Å². The van der Waals surface area contributed by atoms with Crippen LogP contribution in [0.4, 0.5) is 0 Å². The van der Waals surface area contributed by atoms with Gasteiger partial charge in [-0.1, -0.05) is 57.7 Å². The lowest BCUT2D eigenvalue weighted by molar-refractivity contribution is 0.133. The van der Waals surface area contributed by atoms with Gasteiger partial charge < -0.3 is 10.2 Å². The average Bonchev–Trinajstić information content (AvgIpc) is 2.63. The molecule has 0 amide bonds. The summed E-state index contributed by atoms with van der Waals surface area (Å²) < 4.78 is 0. The first-order valence-corrected chi connectivity index (χ1v) is 10.6. The number of hydrogen-bond donors (Lipinski definition) is 2. The summed E-state index contributed by atoms with van der Waals surface area (Å²) in [5, 5.41) is 18.9. The summed E-state index contributed by atoms with van der Waals surface area (Å²) in [4.78, 5) is 0. The normalized spacial score (nSPS) is 22.1. The lowest BCUT2D eigenvalue weighted by Gasteiger charge is -2.30. The smallest absolute Gasteiger partial charge is 0.0602 e. The van der Waals surface area contributed by atoms with Gasteiger partial charge in [0.1, 0.15) is 0 Å². The maximum absolute atomic E-state index is 9.94. The summed E-state index contributed by atoms with van der Waals surface area (Å²) in [6.07, 6.45) is 12.8. The van der Waals surface area contributed by atoms with Crippen molar-refractivity contribution >= 4 is 0 Å². The van der Waals surface area contributed by atoms with Crippen LogP contribution in [0.25, 0.3) is 0 Å². The summed E-state index contributed by atoms with van der Waals surface area (Å²) >= 11 is 0. The molecule has 0 saturated heterocycles. The predicted octanol–water partition coefficient (Wildman–Crippen LogP) is 5.39. The van der Waals surface area contributed by atoms with Crippen LogP contribution in [0.2, 0.25) is 0 Å². The van der Waals surface area contributed by atoms with Crippen LogP contribution in [-0.4, -0.2) is 22.9 Å². The quantitative estimate of drug-likeness (QED) is 0.558. The first-order valence-electron chi connectivity index (χ1n) is 10.6. The van der Waals surface area contributed by atoms with Crippen LogP contribution in [0.5, 0.6) is 0 Å². The van der Waals surface area contributed by atoms with Crippen LogP contribution in [0.15, 0.2) is 18.2 Å². The van der Waals surface area contributed by atoms with Crippen LogP contribution in [0, 0.1) is 5.92 Å². The molecular weight excluding hydrogens is 308 g/mol. The fourth-order valence-electron chi connectivity index (χ4n) is 4.46. The third-order valence-electron chi connectivity index (χ3n) is 6.02. The maximum atomic E-state index is 9.94. The molecule has 1 aliphatic rings. The van der Waals surface area contributed by atoms with Crippen molar-refractivity contribution in [1.29, 1.82) is 0 Å². The Morgan fingerprint density at radius 1 is 1.08 bits per heavy atom. The number of aliphatic hydroxyl groups excluding tert-OH is 2. The van der Waals surface area contributed by atoms with E-state index in [1.54, 1.807) is 5.56 Å². The second kappa shape index (κ2) is 11.0. The highest BCUT2D eigenvalue weighted by Crippen LogP contribution is 2.39. The fourth-order valence-corrected chi connectivity index (χ4v) is 4.46. The second-order valence-electron chi connectivity index (χ2n) is 7.97. The molecule has 0 radical (unpaired) electrons. The minimum absolute atomic E-state index is 0.0569. The van der Waals surface area contributed by atoms with Crippen molar-refractivity contribution in [3.8, 4) is 0 Å². The highest BCUT2D eigenvalue weighted by Gasteiger charge is 2.23. The Morgan fingerprint density at radius 3 is 2.48 bits per heavy atom. The van der Waals surface area contributed by atoms with E-state index >= 15 is 0 Å². The van der Waals surface area contributed by atoms with E-state index in [0.29, 0.717) is 12.8 Å². The van der Waals surface area contributed by atoms with Crippen LogP contribution < -0.4 is 0 Å². The first kappa shape index (κ1) is 20.5. The van der Waals surface area contributed by atoms with Gasteiger partial charge >= 0.3 is 0 Å². The molecule has 1 aliphatic carbocycles. The van der Waals surface area contributed by atoms with Gasteiger partial charge in [0.15, 0.2) is 0 Å². The van der Waals surface area contributed by atoms with Crippen molar-refractivity contribution in [3.63, 3.8) is 0 Å². The summed E-state index contributed by atoms with van der Waals surface area (Å²) in [7, 11) is 0. The van der Waals surface area contributed by atoms with E-state index in [1.807, 2.05) is 0 Å². The minimum atomic E-state index is -0.431. The van der Waals surface area contributed by atoms with E-state index < -0.39 is 6.10 Å². The van der Waals surface area contributed by atoms with Gasteiger partial charge in [0.2, 0.25) is 0 Å². The van der Waals surface area contributed by atoms with Crippen molar-refractivity contribution in [1.82, 2.24) is 0 Å². The molecule has 142 valence electrons. The second-order valence-corrected chi connectivity index (χ2v) is 7.97. The molecule has 25 heavy (non-hydrogen) atoms. The van der Waals surface area contributed by atoms with Crippen molar-refractivity contribution in [2.75, 3.05) is 6.61 Å². The topological polar surface area (TPSA) is 40.5 Å². The molecule has 0 heterocycles. The molecule has 2 nitrogen and oxygen atoms in total.